The minimum atomic E-state index is -0.283. The third-order valence-electron chi connectivity index (χ3n) is 2.86. The predicted octanol–water partition coefficient (Wildman–Crippen LogP) is 2.25. The fourth-order valence-corrected chi connectivity index (χ4v) is 1.67. The highest BCUT2D eigenvalue weighted by Gasteiger charge is 2.15. The fourth-order valence-electron chi connectivity index (χ4n) is 1.67. The lowest BCUT2D eigenvalue weighted by Crippen LogP contribution is -2.36. The van der Waals surface area contributed by atoms with E-state index in [2.05, 4.69) is 10.6 Å². The molecule has 0 fully saturated rings. The Morgan fingerprint density at radius 2 is 2.11 bits per heavy atom. The summed E-state index contributed by atoms with van der Waals surface area (Å²) in [5.41, 5.74) is 0.777. The topological polar surface area (TPSA) is 41.1 Å². The molecule has 0 saturated carbocycles. The van der Waals surface area contributed by atoms with E-state index in [1.165, 1.54) is 12.1 Å². The summed E-state index contributed by atoms with van der Waals surface area (Å²) in [6.07, 6.45) is 0. The van der Waals surface area contributed by atoms with Gasteiger partial charge in [0, 0.05) is 12.5 Å². The number of halogens is 1. The molecule has 0 saturated heterocycles. The third-order valence-corrected chi connectivity index (χ3v) is 2.86. The second-order valence-corrected chi connectivity index (χ2v) is 4.49. The lowest BCUT2D eigenvalue weighted by Gasteiger charge is -2.18. The van der Waals surface area contributed by atoms with Crippen LogP contribution in [0.3, 0.4) is 0 Å². The molecule has 18 heavy (non-hydrogen) atoms. The van der Waals surface area contributed by atoms with Gasteiger partial charge in [0.05, 0.1) is 6.04 Å². The highest BCUT2D eigenvalue weighted by Crippen LogP contribution is 2.13. The molecule has 2 unspecified atom stereocenters. The molecule has 1 rings (SSSR count). The Hall–Kier alpha value is -1.42. The van der Waals surface area contributed by atoms with Crippen LogP contribution in [0.2, 0.25) is 0 Å². The quantitative estimate of drug-likeness (QED) is 0.815. The maximum atomic E-state index is 13.1. The molecule has 1 aromatic rings. The van der Waals surface area contributed by atoms with Crippen molar-refractivity contribution in [2.45, 2.75) is 26.8 Å². The van der Waals surface area contributed by atoms with Crippen molar-refractivity contribution in [2.24, 2.45) is 5.92 Å². The summed E-state index contributed by atoms with van der Waals surface area (Å²) in [5, 5.41) is 6.02. The van der Waals surface area contributed by atoms with Crippen LogP contribution in [0.25, 0.3) is 0 Å². The summed E-state index contributed by atoms with van der Waals surface area (Å²) in [5.74, 6) is -0.400. The van der Waals surface area contributed by atoms with E-state index in [1.807, 2.05) is 26.8 Å². The van der Waals surface area contributed by atoms with Gasteiger partial charge >= 0.3 is 0 Å². The second-order valence-electron chi connectivity index (χ2n) is 4.49. The summed E-state index contributed by atoms with van der Waals surface area (Å²) in [6.45, 7) is 7.22. The molecule has 1 aromatic carbocycles. The van der Waals surface area contributed by atoms with Gasteiger partial charge in [-0.2, -0.15) is 0 Å². The Kier molecular flexibility index (Phi) is 5.78. The van der Waals surface area contributed by atoms with E-state index in [1.54, 1.807) is 6.07 Å². The minimum Gasteiger partial charge on any atom is -0.349 e. The maximum absolute atomic E-state index is 13.1. The Balaban J connectivity index is 2.54. The lowest BCUT2D eigenvalue weighted by molar-refractivity contribution is -0.125. The molecule has 2 N–H and O–H groups in total. The van der Waals surface area contributed by atoms with E-state index < -0.39 is 0 Å². The zero-order chi connectivity index (χ0) is 13.5. The van der Waals surface area contributed by atoms with Gasteiger partial charge in [-0.1, -0.05) is 26.0 Å². The van der Waals surface area contributed by atoms with Crippen molar-refractivity contribution in [3.8, 4) is 0 Å². The van der Waals surface area contributed by atoms with Crippen molar-refractivity contribution in [1.29, 1.82) is 0 Å². The zero-order valence-electron chi connectivity index (χ0n) is 11.2. The second kappa shape index (κ2) is 7.11. The van der Waals surface area contributed by atoms with Crippen molar-refractivity contribution in [1.82, 2.24) is 10.6 Å². The van der Waals surface area contributed by atoms with Gasteiger partial charge in [-0.15, -0.1) is 0 Å². The van der Waals surface area contributed by atoms with Crippen LogP contribution in [0.1, 0.15) is 32.4 Å². The third kappa shape index (κ3) is 4.45. The molecule has 0 bridgehead atoms. The highest BCUT2D eigenvalue weighted by atomic mass is 19.1. The largest absolute Gasteiger partial charge is 0.349 e. The van der Waals surface area contributed by atoms with Crippen LogP contribution in [-0.2, 0) is 4.79 Å². The number of carbonyl (C=O) groups is 1. The molecule has 0 radical (unpaired) electrons. The molecule has 4 heteroatoms. The standard InChI is InChI=1S/C14H21FN2O/c1-4-16-9-10(2)14(18)17-11(3)12-6-5-7-13(15)8-12/h5-8,10-11,16H,4,9H2,1-3H3,(H,17,18). The fraction of sp³-hybridized carbons (Fsp3) is 0.500. The van der Waals surface area contributed by atoms with E-state index in [-0.39, 0.29) is 23.7 Å². The van der Waals surface area contributed by atoms with E-state index in [9.17, 15) is 9.18 Å². The van der Waals surface area contributed by atoms with Crippen LogP contribution < -0.4 is 10.6 Å². The van der Waals surface area contributed by atoms with Crippen molar-refractivity contribution in [3.05, 3.63) is 35.6 Å². The van der Waals surface area contributed by atoms with Crippen LogP contribution in [-0.4, -0.2) is 19.0 Å². The minimum absolute atomic E-state index is 0.0206. The van der Waals surface area contributed by atoms with Crippen LogP contribution in [0.4, 0.5) is 4.39 Å². The molecule has 0 spiro atoms. The van der Waals surface area contributed by atoms with Crippen LogP contribution in [0.5, 0.6) is 0 Å². The van der Waals surface area contributed by atoms with E-state index in [4.69, 9.17) is 0 Å². The molecule has 1 amide bonds. The SMILES string of the molecule is CCNCC(C)C(=O)NC(C)c1cccc(F)c1. The summed E-state index contributed by atoms with van der Waals surface area (Å²) in [6, 6.07) is 6.11. The summed E-state index contributed by atoms with van der Waals surface area (Å²) in [4.78, 5) is 11.9. The summed E-state index contributed by atoms with van der Waals surface area (Å²) < 4.78 is 13.1. The van der Waals surface area contributed by atoms with Gasteiger partial charge in [0.15, 0.2) is 0 Å². The first-order valence-electron chi connectivity index (χ1n) is 6.31. The van der Waals surface area contributed by atoms with Gasteiger partial charge in [-0.05, 0) is 31.2 Å². The molecule has 0 aliphatic rings. The lowest BCUT2D eigenvalue weighted by atomic mass is 10.1. The molecule has 0 aliphatic carbocycles. The first-order chi connectivity index (χ1) is 8.54. The predicted molar refractivity (Wildman–Crippen MR) is 70.7 cm³/mol. The van der Waals surface area contributed by atoms with Gasteiger partial charge in [0.1, 0.15) is 5.82 Å². The number of benzene rings is 1. The Labute approximate surface area is 108 Å². The van der Waals surface area contributed by atoms with Crippen molar-refractivity contribution >= 4 is 5.91 Å². The molecule has 0 aromatic heterocycles. The van der Waals surface area contributed by atoms with Crippen LogP contribution >= 0.6 is 0 Å². The molecular weight excluding hydrogens is 231 g/mol. The smallest absolute Gasteiger partial charge is 0.224 e. The van der Waals surface area contributed by atoms with E-state index in [0.29, 0.717) is 6.54 Å². The number of amides is 1. The molecule has 100 valence electrons. The Morgan fingerprint density at radius 3 is 2.72 bits per heavy atom. The number of rotatable bonds is 6. The Morgan fingerprint density at radius 1 is 1.39 bits per heavy atom. The van der Waals surface area contributed by atoms with Gasteiger partial charge < -0.3 is 10.6 Å². The number of hydrogen-bond donors (Lipinski definition) is 2. The van der Waals surface area contributed by atoms with Crippen molar-refractivity contribution in [3.63, 3.8) is 0 Å². The van der Waals surface area contributed by atoms with Gasteiger partial charge in [0.2, 0.25) is 5.91 Å². The summed E-state index contributed by atoms with van der Waals surface area (Å²) >= 11 is 0. The zero-order valence-corrected chi connectivity index (χ0v) is 11.2. The van der Waals surface area contributed by atoms with E-state index in [0.717, 1.165) is 12.1 Å². The average molecular weight is 252 g/mol. The molecule has 0 aliphatic heterocycles. The van der Waals surface area contributed by atoms with Crippen molar-refractivity contribution < 1.29 is 9.18 Å². The first-order valence-corrected chi connectivity index (χ1v) is 6.31. The highest BCUT2D eigenvalue weighted by molar-refractivity contribution is 5.78. The van der Waals surface area contributed by atoms with Crippen molar-refractivity contribution in [2.75, 3.05) is 13.1 Å². The maximum Gasteiger partial charge on any atom is 0.224 e. The number of carbonyl (C=O) groups excluding carboxylic acids is 1. The normalized spacial score (nSPS) is 14.0. The number of nitrogens with one attached hydrogen (secondary N) is 2. The van der Waals surface area contributed by atoms with E-state index >= 15 is 0 Å². The van der Waals surface area contributed by atoms with Gasteiger partial charge in [0.25, 0.3) is 0 Å². The molecule has 3 nitrogen and oxygen atoms in total. The molecular formula is C14H21FN2O. The van der Waals surface area contributed by atoms with Crippen LogP contribution in [0.15, 0.2) is 24.3 Å². The van der Waals surface area contributed by atoms with Gasteiger partial charge in [-0.25, -0.2) is 4.39 Å². The summed E-state index contributed by atoms with van der Waals surface area (Å²) in [7, 11) is 0. The first kappa shape index (κ1) is 14.6. The van der Waals surface area contributed by atoms with Crippen LogP contribution in [0, 0.1) is 11.7 Å². The Bertz CT molecular complexity index is 395. The molecule has 2 atom stereocenters. The molecule has 0 heterocycles. The average Bonchev–Trinajstić information content (AvgIpc) is 2.35. The van der Waals surface area contributed by atoms with Gasteiger partial charge in [-0.3, -0.25) is 4.79 Å². The number of hydrogen-bond acceptors (Lipinski definition) is 2. The monoisotopic (exact) mass is 252 g/mol.